The predicted molar refractivity (Wildman–Crippen MR) is 86.5 cm³/mol. The molecule has 1 rings (SSSR count). The second-order valence-electron chi connectivity index (χ2n) is 5.10. The molecule has 0 aliphatic carbocycles. The van der Waals surface area contributed by atoms with Crippen molar-refractivity contribution in [2.45, 2.75) is 39.0 Å². The molecule has 0 saturated heterocycles. The van der Waals surface area contributed by atoms with Crippen molar-refractivity contribution in [1.82, 2.24) is 0 Å². The van der Waals surface area contributed by atoms with Crippen molar-refractivity contribution in [2.75, 3.05) is 19.5 Å². The third-order valence-corrected chi connectivity index (χ3v) is 3.38. The van der Waals surface area contributed by atoms with Gasteiger partial charge in [-0.3, -0.25) is 4.79 Å². The third-order valence-electron chi connectivity index (χ3n) is 3.38. The number of anilines is 1. The van der Waals surface area contributed by atoms with Gasteiger partial charge >= 0.3 is 11.9 Å². The molecule has 23 heavy (non-hydrogen) atoms. The summed E-state index contributed by atoms with van der Waals surface area (Å²) in [5.74, 6) is -1.32. The van der Waals surface area contributed by atoms with Crippen LogP contribution in [0.5, 0.6) is 0 Å². The fraction of sp³-hybridized carbons (Fsp3) is 0.471. The van der Waals surface area contributed by atoms with Crippen molar-refractivity contribution in [2.24, 2.45) is 0 Å². The highest BCUT2D eigenvalue weighted by Crippen LogP contribution is 2.20. The van der Waals surface area contributed by atoms with Gasteiger partial charge in [-0.15, -0.1) is 0 Å². The van der Waals surface area contributed by atoms with Crippen LogP contribution in [-0.4, -0.2) is 32.1 Å². The average Bonchev–Trinajstić information content (AvgIpc) is 2.57. The van der Waals surface area contributed by atoms with Crippen LogP contribution in [-0.2, 0) is 14.3 Å². The normalized spacial score (nSPS) is 10.0. The molecule has 0 unspecified atom stereocenters. The zero-order chi connectivity index (χ0) is 17.2. The first-order valence-electron chi connectivity index (χ1n) is 7.64. The Kier molecular flexibility index (Phi) is 7.80. The topological polar surface area (TPSA) is 81.7 Å². The lowest BCUT2D eigenvalue weighted by atomic mass is 10.1. The predicted octanol–water partition coefficient (Wildman–Crippen LogP) is 3.17. The summed E-state index contributed by atoms with van der Waals surface area (Å²) in [6, 6.07) is 4.31. The minimum Gasteiger partial charge on any atom is -0.465 e. The van der Waals surface area contributed by atoms with Gasteiger partial charge in [0.2, 0.25) is 5.91 Å². The van der Waals surface area contributed by atoms with E-state index >= 15 is 0 Å². The van der Waals surface area contributed by atoms with Crippen LogP contribution in [0.1, 0.15) is 59.7 Å². The molecule has 6 nitrogen and oxygen atoms in total. The van der Waals surface area contributed by atoms with Crippen molar-refractivity contribution in [3.63, 3.8) is 0 Å². The monoisotopic (exact) mass is 321 g/mol. The summed E-state index contributed by atoms with van der Waals surface area (Å²) in [4.78, 5) is 35.4. The molecule has 1 amide bonds. The molecular formula is C17H23NO5. The number of amides is 1. The van der Waals surface area contributed by atoms with E-state index in [0.717, 1.165) is 25.7 Å². The van der Waals surface area contributed by atoms with E-state index in [4.69, 9.17) is 4.74 Å². The molecule has 0 aliphatic heterocycles. The maximum absolute atomic E-state index is 12.0. The number of hydrogen-bond acceptors (Lipinski definition) is 5. The van der Waals surface area contributed by atoms with E-state index in [0.29, 0.717) is 6.42 Å². The van der Waals surface area contributed by atoms with E-state index in [9.17, 15) is 14.4 Å². The van der Waals surface area contributed by atoms with E-state index < -0.39 is 11.9 Å². The first-order valence-corrected chi connectivity index (χ1v) is 7.64. The number of benzene rings is 1. The third kappa shape index (κ3) is 5.73. The highest BCUT2D eigenvalue weighted by atomic mass is 16.5. The molecule has 6 heteroatoms. The Morgan fingerprint density at radius 2 is 1.70 bits per heavy atom. The van der Waals surface area contributed by atoms with Gasteiger partial charge in [-0.2, -0.15) is 0 Å². The van der Waals surface area contributed by atoms with E-state index in [2.05, 4.69) is 17.0 Å². The van der Waals surface area contributed by atoms with Gasteiger partial charge in [0.15, 0.2) is 0 Å². The molecule has 126 valence electrons. The van der Waals surface area contributed by atoms with E-state index in [-0.39, 0.29) is 22.7 Å². The number of unbranched alkanes of at least 4 members (excludes halogenated alkanes) is 3. The second-order valence-corrected chi connectivity index (χ2v) is 5.10. The van der Waals surface area contributed by atoms with Crippen molar-refractivity contribution < 1.29 is 23.9 Å². The van der Waals surface area contributed by atoms with Crippen LogP contribution < -0.4 is 5.32 Å². The van der Waals surface area contributed by atoms with Crippen LogP contribution in [0.15, 0.2) is 18.2 Å². The fourth-order valence-corrected chi connectivity index (χ4v) is 2.11. The van der Waals surface area contributed by atoms with Crippen LogP contribution >= 0.6 is 0 Å². The van der Waals surface area contributed by atoms with Gasteiger partial charge in [0.05, 0.1) is 31.0 Å². The number of ether oxygens (including phenoxy) is 2. The van der Waals surface area contributed by atoms with Gasteiger partial charge in [-0.1, -0.05) is 26.2 Å². The largest absolute Gasteiger partial charge is 0.465 e. The van der Waals surface area contributed by atoms with Gasteiger partial charge in [0.1, 0.15) is 0 Å². The Morgan fingerprint density at radius 1 is 1.00 bits per heavy atom. The first-order chi connectivity index (χ1) is 11.0. The Hall–Kier alpha value is -2.37. The standard InChI is InChI=1S/C17H23NO5/c1-4-5-6-7-8-15(19)18-14-11-12(16(20)22-2)9-10-13(14)17(21)23-3/h9-11H,4-8H2,1-3H3,(H,18,19). The van der Waals surface area contributed by atoms with Crippen LogP contribution in [0.25, 0.3) is 0 Å². The maximum Gasteiger partial charge on any atom is 0.339 e. The lowest BCUT2D eigenvalue weighted by Gasteiger charge is -2.11. The molecule has 0 spiro atoms. The lowest BCUT2D eigenvalue weighted by molar-refractivity contribution is -0.116. The molecule has 0 fully saturated rings. The van der Waals surface area contributed by atoms with Crippen molar-refractivity contribution >= 4 is 23.5 Å². The summed E-state index contributed by atoms with van der Waals surface area (Å²) in [5, 5.41) is 2.67. The van der Waals surface area contributed by atoms with Gasteiger partial charge in [0, 0.05) is 6.42 Å². The number of rotatable bonds is 8. The van der Waals surface area contributed by atoms with Gasteiger partial charge in [0.25, 0.3) is 0 Å². The van der Waals surface area contributed by atoms with Crippen LogP contribution in [0.2, 0.25) is 0 Å². The maximum atomic E-state index is 12.0. The van der Waals surface area contributed by atoms with Crippen LogP contribution in [0.3, 0.4) is 0 Å². The van der Waals surface area contributed by atoms with Crippen LogP contribution in [0.4, 0.5) is 5.69 Å². The molecule has 0 aliphatic rings. The van der Waals surface area contributed by atoms with Gasteiger partial charge < -0.3 is 14.8 Å². The molecular weight excluding hydrogens is 298 g/mol. The van der Waals surface area contributed by atoms with Gasteiger partial charge in [-0.05, 0) is 24.6 Å². The molecule has 0 radical (unpaired) electrons. The Morgan fingerprint density at radius 3 is 2.30 bits per heavy atom. The average molecular weight is 321 g/mol. The number of carbonyl (C=O) groups excluding carboxylic acids is 3. The molecule has 0 bridgehead atoms. The molecule has 1 aromatic carbocycles. The highest BCUT2D eigenvalue weighted by molar-refractivity contribution is 6.03. The summed E-state index contributed by atoms with van der Waals surface area (Å²) < 4.78 is 9.34. The van der Waals surface area contributed by atoms with E-state index in [1.165, 1.54) is 32.4 Å². The second kappa shape index (κ2) is 9.61. The Labute approximate surface area is 136 Å². The summed E-state index contributed by atoms with van der Waals surface area (Å²) in [7, 11) is 2.52. The number of carbonyl (C=O) groups is 3. The number of nitrogens with one attached hydrogen (secondary N) is 1. The van der Waals surface area contributed by atoms with Crippen molar-refractivity contribution in [1.29, 1.82) is 0 Å². The molecule has 0 saturated carbocycles. The summed E-state index contributed by atoms with van der Waals surface area (Å²) >= 11 is 0. The Balaban J connectivity index is 2.89. The molecule has 0 aromatic heterocycles. The van der Waals surface area contributed by atoms with E-state index in [1.54, 1.807) is 0 Å². The molecule has 0 heterocycles. The minimum atomic E-state index is -0.581. The molecule has 1 N–H and O–H groups in total. The molecule has 1 aromatic rings. The Bertz CT molecular complexity index is 568. The fourth-order valence-electron chi connectivity index (χ4n) is 2.11. The van der Waals surface area contributed by atoms with Crippen LogP contribution in [0, 0.1) is 0 Å². The molecule has 0 atom stereocenters. The highest BCUT2D eigenvalue weighted by Gasteiger charge is 2.17. The number of methoxy groups -OCH3 is 2. The summed E-state index contributed by atoms with van der Waals surface area (Å²) in [6.45, 7) is 2.10. The smallest absolute Gasteiger partial charge is 0.339 e. The SMILES string of the molecule is CCCCCCC(=O)Nc1cc(C(=O)OC)ccc1C(=O)OC. The zero-order valence-electron chi connectivity index (χ0n) is 13.8. The summed E-state index contributed by atoms with van der Waals surface area (Å²) in [6.07, 6.45) is 4.30. The first kappa shape index (κ1) is 18.7. The van der Waals surface area contributed by atoms with Gasteiger partial charge in [-0.25, -0.2) is 9.59 Å². The zero-order valence-corrected chi connectivity index (χ0v) is 13.8. The lowest BCUT2D eigenvalue weighted by Crippen LogP contribution is -2.16. The minimum absolute atomic E-state index is 0.196. The quantitative estimate of drug-likeness (QED) is 0.587. The van der Waals surface area contributed by atoms with Crippen molar-refractivity contribution in [3.05, 3.63) is 29.3 Å². The van der Waals surface area contributed by atoms with Crippen molar-refractivity contribution in [3.8, 4) is 0 Å². The number of hydrogen-bond donors (Lipinski definition) is 1. The van der Waals surface area contributed by atoms with E-state index in [1.807, 2.05) is 0 Å². The summed E-state index contributed by atoms with van der Waals surface area (Å²) in [5.41, 5.74) is 0.698. The number of esters is 2.